The summed E-state index contributed by atoms with van der Waals surface area (Å²) in [5.74, 6) is -0.160. The zero-order chi connectivity index (χ0) is 46.8. The van der Waals surface area contributed by atoms with Crippen molar-refractivity contribution in [3.63, 3.8) is 0 Å². The second kappa shape index (κ2) is 42.4. The van der Waals surface area contributed by atoms with Crippen molar-refractivity contribution in [1.82, 2.24) is 14.7 Å². The molecule has 0 aromatic rings. The molecule has 10 heteroatoms. The molecule has 2 atom stereocenters. The van der Waals surface area contributed by atoms with Crippen LogP contribution in [0.4, 0.5) is 0 Å². The van der Waals surface area contributed by atoms with E-state index in [2.05, 4.69) is 42.5 Å². The van der Waals surface area contributed by atoms with Crippen molar-refractivity contribution < 1.29 is 33.3 Å². The molecule has 0 aromatic heterocycles. The lowest BCUT2D eigenvalue weighted by atomic mass is 10.0. The normalized spacial score (nSPS) is 17.3. The number of likely N-dealkylation sites (tertiary alicyclic amines) is 1. The maximum Gasteiger partial charge on any atom is 0.307 e. The van der Waals surface area contributed by atoms with Crippen LogP contribution in [0.15, 0.2) is 0 Å². The van der Waals surface area contributed by atoms with E-state index in [-0.39, 0.29) is 36.2 Å². The summed E-state index contributed by atoms with van der Waals surface area (Å²) in [6.45, 7) is 15.2. The fourth-order valence-electron chi connectivity index (χ4n) is 9.50. The molecule has 65 heavy (non-hydrogen) atoms. The van der Waals surface area contributed by atoms with Gasteiger partial charge in [-0.25, -0.2) is 0 Å². The van der Waals surface area contributed by atoms with Crippen LogP contribution in [-0.4, -0.2) is 124 Å². The van der Waals surface area contributed by atoms with Crippen LogP contribution in [0.3, 0.4) is 0 Å². The van der Waals surface area contributed by atoms with Gasteiger partial charge in [0.2, 0.25) is 0 Å². The Bertz CT molecular complexity index is 1100. The topological polar surface area (TPSA) is 97.9 Å². The second-order valence-corrected chi connectivity index (χ2v) is 20.1. The Morgan fingerprint density at radius 2 is 1.00 bits per heavy atom. The molecule has 2 aliphatic rings. The fraction of sp³-hybridized carbons (Fsp3) is 0.945. The molecule has 0 radical (unpaired) electrons. The second-order valence-electron chi connectivity index (χ2n) is 20.1. The Labute approximate surface area is 401 Å². The number of hydrogen-bond acceptors (Lipinski definition) is 10. The molecular formula is C55H105N3O7. The summed E-state index contributed by atoms with van der Waals surface area (Å²) in [6, 6.07) is 0.226. The lowest BCUT2D eigenvalue weighted by Crippen LogP contribution is -2.45. The van der Waals surface area contributed by atoms with Gasteiger partial charge in [-0.2, -0.15) is 0 Å². The number of hydrogen-bond donors (Lipinski definition) is 0. The minimum atomic E-state index is -0.104. The van der Waals surface area contributed by atoms with Crippen molar-refractivity contribution >= 4 is 17.9 Å². The number of piperazine rings is 1. The molecule has 0 aliphatic carbocycles. The Morgan fingerprint density at radius 1 is 0.508 bits per heavy atom. The number of ether oxygens (including phenoxy) is 4. The molecule has 2 fully saturated rings. The third kappa shape index (κ3) is 34.2. The van der Waals surface area contributed by atoms with Crippen LogP contribution >= 0.6 is 0 Å². The average Bonchev–Trinajstić information content (AvgIpc) is 3.68. The molecule has 0 bridgehead atoms. The minimum Gasteiger partial charge on any atom is -0.466 e. The summed E-state index contributed by atoms with van der Waals surface area (Å²) in [4.78, 5) is 45.3. The van der Waals surface area contributed by atoms with Crippen molar-refractivity contribution in [3.05, 3.63) is 0 Å². The van der Waals surface area contributed by atoms with Gasteiger partial charge in [-0.3, -0.25) is 19.3 Å². The highest BCUT2D eigenvalue weighted by Gasteiger charge is 2.34. The molecule has 0 aromatic carbocycles. The smallest absolute Gasteiger partial charge is 0.307 e. The molecule has 2 saturated heterocycles. The zero-order valence-corrected chi connectivity index (χ0v) is 43.3. The van der Waals surface area contributed by atoms with E-state index in [0.717, 1.165) is 136 Å². The van der Waals surface area contributed by atoms with Gasteiger partial charge in [0.05, 0.1) is 19.6 Å². The number of likely N-dealkylation sites (N-methyl/N-ethyl adjacent to an activating group) is 1. The molecule has 1 unspecified atom stereocenters. The van der Waals surface area contributed by atoms with Gasteiger partial charge in [0.15, 0.2) is 0 Å². The summed E-state index contributed by atoms with van der Waals surface area (Å²) in [5.41, 5.74) is 0. The molecular weight excluding hydrogens is 815 g/mol. The Hall–Kier alpha value is -1.75. The van der Waals surface area contributed by atoms with Gasteiger partial charge in [0.1, 0.15) is 12.2 Å². The average molecular weight is 920 g/mol. The highest BCUT2D eigenvalue weighted by Crippen LogP contribution is 2.23. The number of rotatable bonds is 45. The summed E-state index contributed by atoms with van der Waals surface area (Å²) in [7, 11) is 2.15. The van der Waals surface area contributed by atoms with E-state index in [0.29, 0.717) is 32.5 Å². The Balaban J connectivity index is 1.65. The number of unbranched alkanes of at least 4 members (excludes halogenated alkanes) is 24. The van der Waals surface area contributed by atoms with E-state index in [1.165, 1.54) is 122 Å². The van der Waals surface area contributed by atoms with Crippen LogP contribution in [-0.2, 0) is 33.3 Å². The quantitative estimate of drug-likeness (QED) is 0.0334. The molecule has 2 rings (SSSR count). The summed E-state index contributed by atoms with van der Waals surface area (Å²) in [5, 5.41) is 0. The lowest BCUT2D eigenvalue weighted by Gasteiger charge is -2.32. The number of nitrogens with zero attached hydrogens (tertiary/aromatic N) is 3. The number of esters is 3. The van der Waals surface area contributed by atoms with Crippen LogP contribution in [0.25, 0.3) is 0 Å². The van der Waals surface area contributed by atoms with Gasteiger partial charge in [-0.15, -0.1) is 0 Å². The largest absolute Gasteiger partial charge is 0.466 e. The predicted molar refractivity (Wildman–Crippen MR) is 269 cm³/mol. The van der Waals surface area contributed by atoms with Crippen LogP contribution in [0, 0.1) is 0 Å². The summed E-state index contributed by atoms with van der Waals surface area (Å²) >= 11 is 0. The van der Waals surface area contributed by atoms with E-state index in [1.807, 2.05) is 0 Å². The van der Waals surface area contributed by atoms with Gasteiger partial charge >= 0.3 is 17.9 Å². The maximum absolute atomic E-state index is 12.9. The SMILES string of the molecule is CCCCCCCCCCCOC(=O)CCCCCN1C[C@@H](OC(=O)CCN2CCN(C)CC2)CC1COCCCCCCCC(=O)OC(CCCCCCCC)CCCCCCCC. The van der Waals surface area contributed by atoms with Crippen LogP contribution in [0.2, 0.25) is 0 Å². The summed E-state index contributed by atoms with van der Waals surface area (Å²) < 4.78 is 23.9. The summed E-state index contributed by atoms with van der Waals surface area (Å²) in [6.07, 6.45) is 38.9. The number of carbonyl (C=O) groups is 3. The van der Waals surface area contributed by atoms with Crippen LogP contribution in [0.1, 0.15) is 245 Å². The lowest BCUT2D eigenvalue weighted by molar-refractivity contribution is -0.150. The molecule has 0 spiro atoms. The first-order chi connectivity index (χ1) is 31.8. The molecule has 2 aliphatic heterocycles. The molecule has 0 N–H and O–H groups in total. The van der Waals surface area contributed by atoms with Crippen molar-refractivity contribution in [2.24, 2.45) is 0 Å². The first kappa shape index (κ1) is 59.4. The van der Waals surface area contributed by atoms with Crippen LogP contribution < -0.4 is 0 Å². The van der Waals surface area contributed by atoms with Crippen molar-refractivity contribution in [1.29, 1.82) is 0 Å². The molecule has 0 amide bonds. The molecule has 382 valence electrons. The van der Waals surface area contributed by atoms with Gasteiger partial charge < -0.3 is 28.7 Å². The molecule has 0 saturated carbocycles. The van der Waals surface area contributed by atoms with Crippen molar-refractivity contribution in [2.75, 3.05) is 72.7 Å². The number of carbonyl (C=O) groups excluding carboxylic acids is 3. The molecule has 2 heterocycles. The Morgan fingerprint density at radius 3 is 1.58 bits per heavy atom. The first-order valence-electron chi connectivity index (χ1n) is 28.1. The van der Waals surface area contributed by atoms with Gasteiger partial charge in [-0.05, 0) is 71.4 Å². The van der Waals surface area contributed by atoms with Crippen molar-refractivity contribution in [3.8, 4) is 0 Å². The van der Waals surface area contributed by atoms with Crippen molar-refractivity contribution in [2.45, 2.75) is 264 Å². The van der Waals surface area contributed by atoms with Gasteiger partial charge in [0.25, 0.3) is 0 Å². The minimum absolute atomic E-state index is 0.00229. The highest BCUT2D eigenvalue weighted by atomic mass is 16.5. The standard InChI is InChI=1S/C55H105N3O7/c1-5-8-11-14-17-18-19-25-33-46-63-53(59)36-30-26-31-39-58-48-52(65-55(61)38-40-57-43-41-56(4)42-44-57)47-50(58)49-62-45-32-24-20-23-29-37-54(60)64-51(34-27-21-15-12-9-6-2)35-28-22-16-13-10-7-3/h50-52H,5-49H2,1-4H3/t50?,52-/m0/s1. The van der Waals surface area contributed by atoms with E-state index in [4.69, 9.17) is 18.9 Å². The molecule has 10 nitrogen and oxygen atoms in total. The van der Waals surface area contributed by atoms with Gasteiger partial charge in [-0.1, -0.05) is 162 Å². The van der Waals surface area contributed by atoms with Crippen LogP contribution in [0.5, 0.6) is 0 Å². The Kier molecular flexibility index (Phi) is 38.7. The monoisotopic (exact) mass is 920 g/mol. The third-order valence-corrected chi connectivity index (χ3v) is 13.9. The first-order valence-corrected chi connectivity index (χ1v) is 28.1. The van der Waals surface area contributed by atoms with E-state index >= 15 is 0 Å². The third-order valence-electron chi connectivity index (χ3n) is 13.9. The van der Waals surface area contributed by atoms with E-state index < -0.39 is 0 Å². The maximum atomic E-state index is 12.9. The fourth-order valence-corrected chi connectivity index (χ4v) is 9.50. The zero-order valence-electron chi connectivity index (χ0n) is 43.3. The van der Waals surface area contributed by atoms with E-state index in [1.54, 1.807) is 0 Å². The van der Waals surface area contributed by atoms with Gasteiger partial charge in [0, 0.05) is 71.2 Å². The highest BCUT2D eigenvalue weighted by molar-refractivity contribution is 5.70. The van der Waals surface area contributed by atoms with E-state index in [9.17, 15) is 14.4 Å². The predicted octanol–water partition coefficient (Wildman–Crippen LogP) is 13.0.